The van der Waals surface area contributed by atoms with Gasteiger partial charge in [-0.2, -0.15) is 0 Å². The average molecular weight is 399 g/mol. The van der Waals surface area contributed by atoms with Gasteiger partial charge in [-0.25, -0.2) is 0 Å². The number of hydrogen-bond donors (Lipinski definition) is 0. The number of ether oxygens (including phenoxy) is 2. The molecule has 0 aliphatic heterocycles. The molecule has 4 nitrogen and oxygen atoms in total. The van der Waals surface area contributed by atoms with Gasteiger partial charge in [0, 0.05) is 6.42 Å². The zero-order valence-electron chi connectivity index (χ0n) is 19.1. The molecule has 0 fully saturated rings. The second kappa shape index (κ2) is 19.3. The Morgan fingerprint density at radius 1 is 0.714 bits per heavy atom. The molecule has 0 aliphatic rings. The lowest BCUT2D eigenvalue weighted by Crippen LogP contribution is -2.24. The fourth-order valence-corrected chi connectivity index (χ4v) is 3.51. The van der Waals surface area contributed by atoms with Gasteiger partial charge in [-0.05, 0) is 38.0 Å². The summed E-state index contributed by atoms with van der Waals surface area (Å²) in [5.41, 5.74) is 0. The van der Waals surface area contributed by atoms with Crippen LogP contribution in [0.15, 0.2) is 0 Å². The molecule has 28 heavy (non-hydrogen) atoms. The maximum Gasteiger partial charge on any atom is 0.309 e. The Morgan fingerprint density at radius 2 is 1.29 bits per heavy atom. The van der Waals surface area contributed by atoms with Crippen molar-refractivity contribution in [3.05, 3.63) is 0 Å². The molecular formula is C24H46O4. The Morgan fingerprint density at radius 3 is 1.96 bits per heavy atom. The molecule has 0 aliphatic carbocycles. The van der Waals surface area contributed by atoms with Gasteiger partial charge >= 0.3 is 11.9 Å². The van der Waals surface area contributed by atoms with E-state index in [0.717, 1.165) is 70.6 Å². The molecule has 4 heteroatoms. The van der Waals surface area contributed by atoms with Crippen molar-refractivity contribution in [1.29, 1.82) is 0 Å². The molecule has 0 rings (SSSR count). The third kappa shape index (κ3) is 14.9. The molecule has 2 unspecified atom stereocenters. The first-order valence-corrected chi connectivity index (χ1v) is 11.9. The number of unbranched alkanes of at least 4 members (excludes halogenated alkanes) is 8. The first-order valence-electron chi connectivity index (χ1n) is 11.9. The highest BCUT2D eigenvalue weighted by Crippen LogP contribution is 2.23. The van der Waals surface area contributed by atoms with Gasteiger partial charge in [0.15, 0.2) is 0 Å². The van der Waals surface area contributed by atoms with E-state index in [1.807, 2.05) is 0 Å². The summed E-state index contributed by atoms with van der Waals surface area (Å²) in [6.07, 6.45) is 14.4. The topological polar surface area (TPSA) is 52.6 Å². The second-order valence-electron chi connectivity index (χ2n) is 8.10. The van der Waals surface area contributed by atoms with Crippen molar-refractivity contribution in [2.45, 2.75) is 118 Å². The van der Waals surface area contributed by atoms with E-state index in [9.17, 15) is 9.59 Å². The molecule has 0 aromatic heterocycles. The molecule has 0 bridgehead atoms. The van der Waals surface area contributed by atoms with Crippen LogP contribution in [0.4, 0.5) is 0 Å². The summed E-state index contributed by atoms with van der Waals surface area (Å²) in [6.45, 7) is 9.69. The summed E-state index contributed by atoms with van der Waals surface area (Å²) >= 11 is 0. The summed E-state index contributed by atoms with van der Waals surface area (Å²) in [5, 5.41) is 0. The average Bonchev–Trinajstić information content (AvgIpc) is 2.68. The van der Waals surface area contributed by atoms with E-state index in [1.165, 1.54) is 12.8 Å². The predicted molar refractivity (Wildman–Crippen MR) is 116 cm³/mol. The van der Waals surface area contributed by atoms with E-state index in [2.05, 4.69) is 27.7 Å². The molecule has 0 spiro atoms. The monoisotopic (exact) mass is 398 g/mol. The highest BCUT2D eigenvalue weighted by atomic mass is 16.5. The number of rotatable bonds is 19. The maximum absolute atomic E-state index is 12.3. The van der Waals surface area contributed by atoms with E-state index < -0.39 is 0 Å². The van der Waals surface area contributed by atoms with Crippen LogP contribution < -0.4 is 0 Å². The van der Waals surface area contributed by atoms with Crippen molar-refractivity contribution >= 4 is 11.9 Å². The largest absolute Gasteiger partial charge is 0.466 e. The van der Waals surface area contributed by atoms with Crippen LogP contribution in [0.25, 0.3) is 0 Å². The molecule has 0 N–H and O–H groups in total. The summed E-state index contributed by atoms with van der Waals surface area (Å²) in [7, 11) is 0. The molecule has 0 aromatic rings. The van der Waals surface area contributed by atoms with Crippen molar-refractivity contribution in [2.75, 3.05) is 13.2 Å². The summed E-state index contributed by atoms with van der Waals surface area (Å²) in [6, 6.07) is 0. The fraction of sp³-hybridized carbons (Fsp3) is 0.917. The Kier molecular flexibility index (Phi) is 18.5. The standard InChI is InChI=1S/C24H46O4/c1-5-8-10-16-19-27-23(25)18-14-12-11-13-17-21(4)22(7-3)24(26)28-20-15-9-6-2/h21-22H,5-20H2,1-4H3. The fourth-order valence-electron chi connectivity index (χ4n) is 3.51. The lowest BCUT2D eigenvalue weighted by atomic mass is 9.87. The lowest BCUT2D eigenvalue weighted by Gasteiger charge is -2.21. The first-order chi connectivity index (χ1) is 13.6. The van der Waals surface area contributed by atoms with Crippen molar-refractivity contribution < 1.29 is 19.1 Å². The van der Waals surface area contributed by atoms with Gasteiger partial charge in [-0.1, -0.05) is 79.1 Å². The number of carbonyl (C=O) groups is 2. The Bertz CT molecular complexity index is 381. The Labute approximate surface area is 174 Å². The van der Waals surface area contributed by atoms with E-state index in [-0.39, 0.29) is 17.9 Å². The maximum atomic E-state index is 12.3. The van der Waals surface area contributed by atoms with Gasteiger partial charge in [0.1, 0.15) is 0 Å². The quantitative estimate of drug-likeness (QED) is 0.176. The summed E-state index contributed by atoms with van der Waals surface area (Å²) in [4.78, 5) is 23.9. The van der Waals surface area contributed by atoms with Crippen molar-refractivity contribution in [2.24, 2.45) is 11.8 Å². The third-order valence-electron chi connectivity index (χ3n) is 5.47. The van der Waals surface area contributed by atoms with Crippen molar-refractivity contribution in [1.82, 2.24) is 0 Å². The van der Waals surface area contributed by atoms with Crippen LogP contribution in [0.5, 0.6) is 0 Å². The van der Waals surface area contributed by atoms with Crippen LogP contribution in [0.2, 0.25) is 0 Å². The van der Waals surface area contributed by atoms with Crippen LogP contribution in [-0.4, -0.2) is 25.2 Å². The molecule has 0 saturated heterocycles. The van der Waals surface area contributed by atoms with Gasteiger partial charge in [0.05, 0.1) is 19.1 Å². The third-order valence-corrected chi connectivity index (χ3v) is 5.47. The highest BCUT2D eigenvalue weighted by Gasteiger charge is 2.24. The van der Waals surface area contributed by atoms with Crippen LogP contribution >= 0.6 is 0 Å². The normalized spacial score (nSPS) is 13.1. The van der Waals surface area contributed by atoms with E-state index in [4.69, 9.17) is 9.47 Å². The Hall–Kier alpha value is -1.06. The molecule has 166 valence electrons. The van der Waals surface area contributed by atoms with E-state index in [1.54, 1.807) is 0 Å². The smallest absolute Gasteiger partial charge is 0.309 e. The van der Waals surface area contributed by atoms with Crippen molar-refractivity contribution in [3.63, 3.8) is 0 Å². The molecule has 0 heterocycles. The second-order valence-corrected chi connectivity index (χ2v) is 8.10. The highest BCUT2D eigenvalue weighted by molar-refractivity contribution is 5.72. The van der Waals surface area contributed by atoms with Gasteiger partial charge in [0.2, 0.25) is 0 Å². The number of hydrogen-bond acceptors (Lipinski definition) is 4. The molecule has 0 saturated carbocycles. The van der Waals surface area contributed by atoms with Gasteiger partial charge in [-0.3, -0.25) is 9.59 Å². The van der Waals surface area contributed by atoms with Gasteiger partial charge in [0.25, 0.3) is 0 Å². The molecular weight excluding hydrogens is 352 g/mol. The number of carbonyl (C=O) groups excluding carboxylic acids is 2. The summed E-state index contributed by atoms with van der Waals surface area (Å²) < 4.78 is 10.7. The van der Waals surface area contributed by atoms with Crippen molar-refractivity contribution in [3.8, 4) is 0 Å². The SMILES string of the molecule is CCCCCCOC(=O)CCCCCCC(C)C(CC)C(=O)OCCCCC. The van der Waals surface area contributed by atoms with E-state index >= 15 is 0 Å². The molecule has 0 amide bonds. The van der Waals surface area contributed by atoms with Crippen LogP contribution in [0.1, 0.15) is 118 Å². The molecule has 2 atom stereocenters. The van der Waals surface area contributed by atoms with Gasteiger partial charge in [-0.15, -0.1) is 0 Å². The summed E-state index contributed by atoms with van der Waals surface area (Å²) in [5.74, 6) is 0.301. The number of esters is 2. The molecule has 0 aromatic carbocycles. The molecule has 0 radical (unpaired) electrons. The minimum atomic E-state index is -0.0540. The Balaban J connectivity index is 3.73. The van der Waals surface area contributed by atoms with Crippen LogP contribution in [-0.2, 0) is 19.1 Å². The van der Waals surface area contributed by atoms with Gasteiger partial charge < -0.3 is 9.47 Å². The zero-order chi connectivity index (χ0) is 21.0. The first kappa shape index (κ1) is 26.9. The van der Waals surface area contributed by atoms with Crippen LogP contribution in [0.3, 0.4) is 0 Å². The van der Waals surface area contributed by atoms with Crippen LogP contribution in [0, 0.1) is 11.8 Å². The minimum Gasteiger partial charge on any atom is -0.466 e. The minimum absolute atomic E-state index is 0.0179. The lowest BCUT2D eigenvalue weighted by molar-refractivity contribution is -0.150. The zero-order valence-corrected chi connectivity index (χ0v) is 19.1. The van der Waals surface area contributed by atoms with E-state index in [0.29, 0.717) is 25.6 Å². The predicted octanol–water partition coefficient (Wildman–Crippen LogP) is 6.85.